The van der Waals surface area contributed by atoms with Gasteiger partial charge in [-0.25, -0.2) is 0 Å². The summed E-state index contributed by atoms with van der Waals surface area (Å²) < 4.78 is 0. The van der Waals surface area contributed by atoms with Gasteiger partial charge in [-0.1, -0.05) is 79.7 Å². The fourth-order valence-electron chi connectivity index (χ4n) is 2.79. The van der Waals surface area contributed by atoms with Crippen molar-refractivity contribution < 1.29 is 0 Å². The van der Waals surface area contributed by atoms with Gasteiger partial charge in [0.2, 0.25) is 0 Å². The molecule has 0 saturated heterocycles. The maximum Gasteiger partial charge on any atom is 0.00969 e. The van der Waals surface area contributed by atoms with Crippen LogP contribution in [0.1, 0.15) is 24.5 Å². The summed E-state index contributed by atoms with van der Waals surface area (Å²) in [5.74, 6) is 1.51. The molecule has 0 aliphatic carbocycles. The lowest BCUT2D eigenvalue weighted by atomic mass is 9.87. The van der Waals surface area contributed by atoms with Gasteiger partial charge in [0.25, 0.3) is 0 Å². The average molecular weight is 259 g/mol. The molecule has 20 heavy (non-hydrogen) atoms. The van der Waals surface area contributed by atoms with E-state index < -0.39 is 0 Å². The Morgan fingerprint density at radius 3 is 2.25 bits per heavy atom. The number of fused-ring (bicyclic) bond motifs is 1. The van der Waals surface area contributed by atoms with Crippen molar-refractivity contribution in [3.8, 4) is 0 Å². The number of rotatable bonds is 4. The van der Waals surface area contributed by atoms with Crippen LogP contribution in [0, 0.1) is 5.92 Å². The molecule has 0 atom stereocenters. The summed E-state index contributed by atoms with van der Waals surface area (Å²) in [5.41, 5.74) is 2.78. The van der Waals surface area contributed by atoms with E-state index in [1.54, 1.807) is 0 Å². The molecule has 1 radical (unpaired) electrons. The molecule has 0 unspecified atom stereocenters. The third-order valence-corrected chi connectivity index (χ3v) is 3.86. The van der Waals surface area contributed by atoms with E-state index in [-0.39, 0.29) is 0 Å². The van der Waals surface area contributed by atoms with Gasteiger partial charge in [-0.3, -0.25) is 0 Å². The van der Waals surface area contributed by atoms with Gasteiger partial charge in [-0.05, 0) is 34.7 Å². The number of hydrogen-bond donors (Lipinski definition) is 0. The summed E-state index contributed by atoms with van der Waals surface area (Å²) in [4.78, 5) is 0. The SMILES string of the molecule is CC[C](Cc1ccccc1)c1cccc2ccccc12. The average Bonchev–Trinajstić information content (AvgIpc) is 2.53. The van der Waals surface area contributed by atoms with Gasteiger partial charge in [0.15, 0.2) is 0 Å². The predicted molar refractivity (Wildman–Crippen MR) is 86.7 cm³/mol. The molecule has 0 aliphatic rings. The maximum atomic E-state index is 2.25. The van der Waals surface area contributed by atoms with Gasteiger partial charge in [0.05, 0.1) is 0 Å². The lowest BCUT2D eigenvalue weighted by Gasteiger charge is -2.17. The zero-order chi connectivity index (χ0) is 13.8. The Balaban J connectivity index is 1.99. The second-order valence-electron chi connectivity index (χ2n) is 5.15. The topological polar surface area (TPSA) is 0 Å². The van der Waals surface area contributed by atoms with E-state index in [1.807, 2.05) is 0 Å². The highest BCUT2D eigenvalue weighted by atomic mass is 14.2. The van der Waals surface area contributed by atoms with E-state index >= 15 is 0 Å². The second-order valence-corrected chi connectivity index (χ2v) is 5.15. The summed E-state index contributed by atoms with van der Waals surface area (Å²) in [6.45, 7) is 2.25. The Labute approximate surface area is 121 Å². The predicted octanol–water partition coefficient (Wildman–Crippen LogP) is 5.42. The first-order valence-electron chi connectivity index (χ1n) is 7.25. The van der Waals surface area contributed by atoms with Crippen molar-refractivity contribution >= 4 is 10.8 Å². The van der Waals surface area contributed by atoms with Crippen LogP contribution < -0.4 is 0 Å². The van der Waals surface area contributed by atoms with Crippen LogP contribution in [-0.4, -0.2) is 0 Å². The molecular weight excluding hydrogens is 240 g/mol. The Bertz CT molecular complexity index is 677. The van der Waals surface area contributed by atoms with E-state index in [1.165, 1.54) is 27.8 Å². The molecular formula is C20H19. The molecule has 0 amide bonds. The van der Waals surface area contributed by atoms with Crippen molar-refractivity contribution in [2.24, 2.45) is 0 Å². The standard InChI is InChI=1S/C20H19/c1-2-17(15-16-9-4-3-5-10-16)19-14-8-12-18-11-6-7-13-20(18)19/h3-14H,2,15H2,1H3. The van der Waals surface area contributed by atoms with Crippen LogP contribution in [-0.2, 0) is 6.42 Å². The minimum atomic E-state index is 1.03. The smallest absolute Gasteiger partial charge is 0.00969 e. The van der Waals surface area contributed by atoms with Crippen LogP contribution >= 0.6 is 0 Å². The Morgan fingerprint density at radius 1 is 0.750 bits per heavy atom. The molecule has 0 spiro atoms. The van der Waals surface area contributed by atoms with Gasteiger partial charge in [-0.15, -0.1) is 0 Å². The van der Waals surface area contributed by atoms with Crippen LogP contribution in [0.4, 0.5) is 0 Å². The van der Waals surface area contributed by atoms with Gasteiger partial charge >= 0.3 is 0 Å². The van der Waals surface area contributed by atoms with Crippen molar-refractivity contribution in [2.45, 2.75) is 19.8 Å². The summed E-state index contributed by atoms with van der Waals surface area (Å²) in [6.07, 6.45) is 2.12. The van der Waals surface area contributed by atoms with E-state index in [0.29, 0.717) is 0 Å². The highest BCUT2D eigenvalue weighted by molar-refractivity contribution is 5.87. The lowest BCUT2D eigenvalue weighted by molar-refractivity contribution is 0.878. The van der Waals surface area contributed by atoms with Gasteiger partial charge in [-0.2, -0.15) is 0 Å². The van der Waals surface area contributed by atoms with E-state index in [0.717, 1.165) is 12.8 Å². The van der Waals surface area contributed by atoms with Gasteiger partial charge in [0, 0.05) is 5.92 Å². The van der Waals surface area contributed by atoms with Crippen molar-refractivity contribution in [1.82, 2.24) is 0 Å². The van der Waals surface area contributed by atoms with Crippen LogP contribution in [0.3, 0.4) is 0 Å². The third kappa shape index (κ3) is 2.60. The highest BCUT2D eigenvalue weighted by Crippen LogP contribution is 2.29. The molecule has 0 fully saturated rings. The zero-order valence-electron chi connectivity index (χ0n) is 11.8. The summed E-state index contributed by atoms with van der Waals surface area (Å²) >= 11 is 0. The van der Waals surface area contributed by atoms with Crippen molar-refractivity contribution in [2.75, 3.05) is 0 Å². The molecule has 99 valence electrons. The monoisotopic (exact) mass is 259 g/mol. The van der Waals surface area contributed by atoms with Crippen molar-refractivity contribution in [1.29, 1.82) is 0 Å². The van der Waals surface area contributed by atoms with Gasteiger partial charge in [0.1, 0.15) is 0 Å². The molecule has 3 aromatic carbocycles. The minimum Gasteiger partial charge on any atom is -0.0645 e. The first kappa shape index (κ1) is 12.9. The first-order chi connectivity index (χ1) is 9.88. The van der Waals surface area contributed by atoms with E-state index in [9.17, 15) is 0 Å². The molecule has 0 saturated carbocycles. The Morgan fingerprint density at radius 2 is 1.45 bits per heavy atom. The lowest BCUT2D eigenvalue weighted by Crippen LogP contribution is -2.03. The number of benzene rings is 3. The molecule has 0 aromatic heterocycles. The molecule has 3 aromatic rings. The Hall–Kier alpha value is -2.08. The fourth-order valence-corrected chi connectivity index (χ4v) is 2.79. The quantitative estimate of drug-likeness (QED) is 0.587. The van der Waals surface area contributed by atoms with Crippen molar-refractivity contribution in [3.63, 3.8) is 0 Å². The van der Waals surface area contributed by atoms with E-state index in [4.69, 9.17) is 0 Å². The van der Waals surface area contributed by atoms with Crippen LogP contribution in [0.15, 0.2) is 72.8 Å². The summed E-state index contributed by atoms with van der Waals surface area (Å²) in [5, 5.41) is 2.69. The fraction of sp³-hybridized carbons (Fsp3) is 0.150. The molecule has 0 N–H and O–H groups in total. The molecule has 0 aliphatic heterocycles. The van der Waals surface area contributed by atoms with E-state index in [2.05, 4.69) is 79.7 Å². The normalized spacial score (nSPS) is 11.1. The summed E-state index contributed by atoms with van der Waals surface area (Å²) in [6, 6.07) is 26.0. The maximum absolute atomic E-state index is 2.25. The highest BCUT2D eigenvalue weighted by Gasteiger charge is 2.13. The first-order valence-corrected chi connectivity index (χ1v) is 7.25. The molecule has 3 rings (SSSR count). The second kappa shape index (κ2) is 5.92. The van der Waals surface area contributed by atoms with Crippen LogP contribution in [0.25, 0.3) is 10.8 Å². The molecule has 0 nitrogen and oxygen atoms in total. The van der Waals surface area contributed by atoms with Gasteiger partial charge < -0.3 is 0 Å². The minimum absolute atomic E-state index is 1.03. The number of hydrogen-bond acceptors (Lipinski definition) is 0. The Kier molecular flexibility index (Phi) is 3.83. The third-order valence-electron chi connectivity index (χ3n) is 3.86. The van der Waals surface area contributed by atoms with Crippen LogP contribution in [0.2, 0.25) is 0 Å². The molecule has 0 heteroatoms. The van der Waals surface area contributed by atoms with Crippen LogP contribution in [0.5, 0.6) is 0 Å². The largest absolute Gasteiger partial charge is 0.0645 e. The molecule has 0 bridgehead atoms. The zero-order valence-corrected chi connectivity index (χ0v) is 11.8. The van der Waals surface area contributed by atoms with Crippen molar-refractivity contribution in [3.05, 3.63) is 89.8 Å². The summed E-state index contributed by atoms with van der Waals surface area (Å²) in [7, 11) is 0. The molecule has 0 heterocycles.